The molecule has 7 rings (SSSR count). The summed E-state index contributed by atoms with van der Waals surface area (Å²) in [5, 5.41) is 4.04. The number of fused-ring (bicyclic) bond motifs is 4. The highest BCUT2D eigenvalue weighted by Gasteiger charge is 2.46. The van der Waals surface area contributed by atoms with Gasteiger partial charge in [-0.15, -0.1) is 0 Å². The van der Waals surface area contributed by atoms with E-state index in [9.17, 15) is 14.4 Å². The molecule has 1 atom stereocenters. The fraction of sp³-hybridized carbons (Fsp3) is 0.200. The molecule has 5 aromatic rings. The molecule has 3 heterocycles. The Hall–Kier alpha value is -5.24. The lowest BCUT2D eigenvalue weighted by atomic mass is 9.68. The number of carbonyl (C=O) groups is 2. The van der Waals surface area contributed by atoms with Crippen LogP contribution in [0.25, 0.3) is 21.7 Å². The van der Waals surface area contributed by atoms with Gasteiger partial charge in [0.2, 0.25) is 0 Å². The van der Waals surface area contributed by atoms with Crippen molar-refractivity contribution in [2.24, 2.45) is 5.41 Å². The normalized spacial score (nSPS) is 17.5. The molecule has 0 fully saturated rings. The van der Waals surface area contributed by atoms with Crippen molar-refractivity contribution < 1.29 is 18.7 Å². The SMILES string of the molecule is COc1cccc2cccc(C3C4=C(CC(C)(C)CC4=O)N(NC(=O)c4ccncc4)c4c3c(=O)oc3ccccc43)c12. The van der Waals surface area contributed by atoms with Crippen molar-refractivity contribution >= 4 is 39.1 Å². The Balaban J connectivity index is 1.59. The van der Waals surface area contributed by atoms with Crippen molar-refractivity contribution in [3.05, 3.63) is 124 Å². The van der Waals surface area contributed by atoms with Crippen molar-refractivity contribution in [1.82, 2.24) is 10.4 Å². The summed E-state index contributed by atoms with van der Waals surface area (Å²) in [6.45, 7) is 4.08. The Kier molecular flexibility index (Phi) is 6.16. The Bertz CT molecular complexity index is 2040. The predicted molar refractivity (Wildman–Crippen MR) is 164 cm³/mol. The Labute approximate surface area is 247 Å². The number of Topliss-reactive ketones (excluding diaryl/α,β-unsaturated/α-hetero) is 1. The summed E-state index contributed by atoms with van der Waals surface area (Å²) in [4.78, 5) is 46.0. The van der Waals surface area contributed by atoms with E-state index in [1.807, 2.05) is 62.4 Å². The molecule has 1 aliphatic heterocycles. The second-order valence-electron chi connectivity index (χ2n) is 11.8. The summed E-state index contributed by atoms with van der Waals surface area (Å²) in [5.41, 5.74) is 5.56. The molecule has 0 saturated carbocycles. The van der Waals surface area contributed by atoms with E-state index in [1.165, 1.54) is 0 Å². The number of pyridine rings is 1. The largest absolute Gasteiger partial charge is 0.496 e. The minimum absolute atomic E-state index is 0.0791. The van der Waals surface area contributed by atoms with Crippen molar-refractivity contribution in [3.63, 3.8) is 0 Å². The number of hydrogen-bond acceptors (Lipinski definition) is 7. The molecule has 8 nitrogen and oxygen atoms in total. The van der Waals surface area contributed by atoms with Crippen LogP contribution in [0.1, 0.15) is 54.1 Å². The van der Waals surface area contributed by atoms with Crippen molar-refractivity contribution in [3.8, 4) is 5.75 Å². The summed E-state index contributed by atoms with van der Waals surface area (Å²) in [7, 11) is 1.61. The molecule has 214 valence electrons. The summed E-state index contributed by atoms with van der Waals surface area (Å²) in [5.74, 6) is -0.578. The number of ether oxygens (including phenoxy) is 1. The second kappa shape index (κ2) is 9.94. The van der Waals surface area contributed by atoms with Crippen LogP contribution in [0.15, 0.2) is 106 Å². The number of anilines is 1. The monoisotopic (exact) mass is 571 g/mol. The number of hydrogen-bond donors (Lipinski definition) is 1. The minimum atomic E-state index is -0.747. The third-order valence-electron chi connectivity index (χ3n) is 8.37. The second-order valence-corrected chi connectivity index (χ2v) is 11.8. The molecule has 0 saturated heterocycles. The van der Waals surface area contributed by atoms with E-state index >= 15 is 0 Å². The first-order valence-corrected chi connectivity index (χ1v) is 14.2. The summed E-state index contributed by atoms with van der Waals surface area (Å²) >= 11 is 0. The number of hydrazine groups is 1. The maximum absolute atomic E-state index is 14.2. The van der Waals surface area contributed by atoms with Crippen LogP contribution in [0.2, 0.25) is 0 Å². The maximum atomic E-state index is 14.2. The highest BCUT2D eigenvalue weighted by molar-refractivity contribution is 6.07. The molecule has 2 aromatic heterocycles. The smallest absolute Gasteiger partial charge is 0.342 e. The van der Waals surface area contributed by atoms with Gasteiger partial charge in [-0.05, 0) is 53.1 Å². The van der Waals surface area contributed by atoms with Crippen LogP contribution < -0.4 is 20.8 Å². The lowest BCUT2D eigenvalue weighted by molar-refractivity contribution is -0.118. The highest BCUT2D eigenvalue weighted by Crippen LogP contribution is 2.53. The highest BCUT2D eigenvalue weighted by atomic mass is 16.5. The van der Waals surface area contributed by atoms with Crippen LogP contribution >= 0.6 is 0 Å². The van der Waals surface area contributed by atoms with E-state index < -0.39 is 17.5 Å². The predicted octanol–water partition coefficient (Wildman–Crippen LogP) is 6.29. The molecule has 0 spiro atoms. The van der Waals surface area contributed by atoms with Gasteiger partial charge in [-0.3, -0.25) is 25.0 Å². The number of aromatic nitrogens is 1. The number of methoxy groups -OCH3 is 1. The van der Waals surface area contributed by atoms with Crippen molar-refractivity contribution in [2.45, 2.75) is 32.6 Å². The first kappa shape index (κ1) is 26.6. The van der Waals surface area contributed by atoms with E-state index in [4.69, 9.17) is 9.15 Å². The Morgan fingerprint density at radius 1 is 0.977 bits per heavy atom. The van der Waals surface area contributed by atoms with E-state index in [0.29, 0.717) is 57.6 Å². The van der Waals surface area contributed by atoms with Gasteiger partial charge in [0.15, 0.2) is 5.78 Å². The first-order chi connectivity index (χ1) is 20.8. The summed E-state index contributed by atoms with van der Waals surface area (Å²) in [6.07, 6.45) is 3.89. The van der Waals surface area contributed by atoms with Crippen LogP contribution in [-0.2, 0) is 4.79 Å². The molecule has 0 bridgehead atoms. The van der Waals surface area contributed by atoms with Gasteiger partial charge in [-0.1, -0.05) is 56.3 Å². The zero-order chi connectivity index (χ0) is 29.9. The zero-order valence-corrected chi connectivity index (χ0v) is 24.0. The van der Waals surface area contributed by atoms with Crippen LogP contribution in [0.3, 0.4) is 0 Å². The Morgan fingerprint density at radius 2 is 1.72 bits per heavy atom. The van der Waals surface area contributed by atoms with Gasteiger partial charge in [-0.25, -0.2) is 4.79 Å². The van der Waals surface area contributed by atoms with Crippen molar-refractivity contribution in [1.29, 1.82) is 0 Å². The summed E-state index contributed by atoms with van der Waals surface area (Å²) < 4.78 is 11.7. The number of amides is 1. The molecule has 2 aliphatic rings. The minimum Gasteiger partial charge on any atom is -0.496 e. The van der Waals surface area contributed by atoms with Gasteiger partial charge in [0.1, 0.15) is 11.3 Å². The van der Waals surface area contributed by atoms with Gasteiger partial charge >= 0.3 is 5.63 Å². The average molecular weight is 572 g/mol. The number of nitrogens with one attached hydrogen (secondary N) is 1. The maximum Gasteiger partial charge on any atom is 0.342 e. The number of benzene rings is 3. The number of rotatable bonds is 4. The van der Waals surface area contributed by atoms with Gasteiger partial charge < -0.3 is 9.15 Å². The molecule has 1 unspecified atom stereocenters. The lowest BCUT2D eigenvalue weighted by Crippen LogP contribution is -2.49. The molecular formula is C35H29N3O5. The fourth-order valence-electron chi connectivity index (χ4n) is 6.60. The molecule has 0 radical (unpaired) electrons. The third-order valence-corrected chi connectivity index (χ3v) is 8.37. The molecule has 1 amide bonds. The number of nitrogens with zero attached hydrogens (tertiary/aromatic N) is 2. The number of allylic oxidation sites excluding steroid dienone is 2. The first-order valence-electron chi connectivity index (χ1n) is 14.2. The number of ketones is 1. The Morgan fingerprint density at radius 3 is 2.49 bits per heavy atom. The van der Waals surface area contributed by atoms with E-state index in [2.05, 4.69) is 10.4 Å². The topological polar surface area (TPSA) is 102 Å². The molecular weight excluding hydrogens is 542 g/mol. The van der Waals surface area contributed by atoms with Gasteiger partial charge in [0, 0.05) is 52.3 Å². The fourth-order valence-corrected chi connectivity index (χ4v) is 6.60. The van der Waals surface area contributed by atoms with Gasteiger partial charge in [0.25, 0.3) is 5.91 Å². The van der Waals surface area contributed by atoms with Crippen LogP contribution in [0.4, 0.5) is 5.69 Å². The van der Waals surface area contributed by atoms with Crippen LogP contribution in [-0.4, -0.2) is 23.8 Å². The molecule has 43 heavy (non-hydrogen) atoms. The van der Waals surface area contributed by atoms with Crippen molar-refractivity contribution in [2.75, 3.05) is 12.1 Å². The average Bonchev–Trinajstić information content (AvgIpc) is 3.00. The molecule has 1 aliphatic carbocycles. The van der Waals surface area contributed by atoms with Gasteiger partial charge in [0.05, 0.1) is 18.4 Å². The van der Waals surface area contributed by atoms with Crippen LogP contribution in [0.5, 0.6) is 5.75 Å². The van der Waals surface area contributed by atoms with Crippen LogP contribution in [0, 0.1) is 5.41 Å². The van der Waals surface area contributed by atoms with Gasteiger partial charge in [-0.2, -0.15) is 0 Å². The number of carbonyl (C=O) groups excluding carboxylic acids is 2. The standard InChI is InChI=1S/C35H29N3O5/c1-35(2)18-24-30(25(39)19-35)29(23-11-6-8-20-9-7-13-27(42-3)28(20)23)31-32(22-10-4-5-12-26(22)43-34(31)41)38(24)37-33(40)21-14-16-36-17-15-21/h4-17,29H,18-19H2,1-3H3,(H,37,40). The molecule has 3 aromatic carbocycles. The third kappa shape index (κ3) is 4.29. The lowest BCUT2D eigenvalue weighted by Gasteiger charge is -2.44. The van der Waals surface area contributed by atoms with E-state index in [0.717, 1.165) is 16.3 Å². The van der Waals surface area contributed by atoms with E-state index in [-0.39, 0.29) is 11.2 Å². The van der Waals surface area contributed by atoms with E-state index in [1.54, 1.807) is 48.8 Å². The quantitative estimate of drug-likeness (QED) is 0.253. The summed E-state index contributed by atoms with van der Waals surface area (Å²) in [6, 6.07) is 22.1. The molecule has 1 N–H and O–H groups in total. The molecule has 8 heteroatoms. The number of para-hydroxylation sites is 1. The zero-order valence-electron chi connectivity index (χ0n) is 24.0.